The summed E-state index contributed by atoms with van der Waals surface area (Å²) in [6, 6.07) is 7.13. The second kappa shape index (κ2) is 5.92. The highest BCUT2D eigenvalue weighted by Crippen LogP contribution is 2.23. The highest BCUT2D eigenvalue weighted by atomic mass is 35.5. The van der Waals surface area contributed by atoms with Crippen molar-refractivity contribution in [1.82, 2.24) is 0 Å². The van der Waals surface area contributed by atoms with Gasteiger partial charge in [0.05, 0.1) is 5.75 Å². The normalized spacial score (nSPS) is 21.8. The standard InChI is InChI=1S/C13H16ClNO3S/c14-9-10-5-1-2-6-11(10)15-13(16)12-7-3-4-8-19(12,17)18/h1-2,5-6,12H,3-4,7-9H2,(H,15,16). The summed E-state index contributed by atoms with van der Waals surface area (Å²) < 4.78 is 23.8. The number of carbonyl (C=O) groups is 1. The van der Waals surface area contributed by atoms with Crippen molar-refractivity contribution in [3.8, 4) is 0 Å². The Morgan fingerprint density at radius 1 is 1.32 bits per heavy atom. The van der Waals surface area contributed by atoms with E-state index in [-0.39, 0.29) is 11.6 Å². The molecular formula is C13H16ClNO3S. The fraction of sp³-hybridized carbons (Fsp3) is 0.462. The fourth-order valence-corrected chi connectivity index (χ4v) is 4.26. The van der Waals surface area contributed by atoms with Gasteiger partial charge in [-0.3, -0.25) is 4.79 Å². The number of hydrogen-bond donors (Lipinski definition) is 1. The first kappa shape index (κ1) is 14.3. The number of halogens is 1. The van der Waals surface area contributed by atoms with E-state index in [4.69, 9.17) is 11.6 Å². The summed E-state index contributed by atoms with van der Waals surface area (Å²) in [5.74, 6) is -0.0758. The number of benzene rings is 1. The Hall–Kier alpha value is -1.07. The molecule has 1 atom stereocenters. The molecule has 1 N–H and O–H groups in total. The van der Waals surface area contributed by atoms with Crippen LogP contribution >= 0.6 is 11.6 Å². The average molecular weight is 302 g/mol. The van der Waals surface area contributed by atoms with Crippen LogP contribution < -0.4 is 5.32 Å². The van der Waals surface area contributed by atoms with Crippen molar-refractivity contribution in [2.24, 2.45) is 0 Å². The minimum atomic E-state index is -3.31. The number of nitrogens with one attached hydrogen (secondary N) is 1. The summed E-state index contributed by atoms with van der Waals surface area (Å²) in [6.45, 7) is 0. The first-order valence-corrected chi connectivity index (χ1v) is 8.46. The van der Waals surface area contributed by atoms with Crippen molar-refractivity contribution in [3.05, 3.63) is 29.8 Å². The maximum Gasteiger partial charge on any atom is 0.242 e. The molecule has 2 rings (SSSR count). The van der Waals surface area contributed by atoms with E-state index in [0.717, 1.165) is 12.0 Å². The van der Waals surface area contributed by atoms with Crippen LogP contribution in [0.25, 0.3) is 0 Å². The van der Waals surface area contributed by atoms with E-state index < -0.39 is 21.0 Å². The molecule has 19 heavy (non-hydrogen) atoms. The van der Waals surface area contributed by atoms with Gasteiger partial charge in [-0.2, -0.15) is 0 Å². The number of carbonyl (C=O) groups excluding carboxylic acids is 1. The molecule has 6 heteroatoms. The number of amides is 1. The lowest BCUT2D eigenvalue weighted by molar-refractivity contribution is -0.116. The molecular weight excluding hydrogens is 286 g/mol. The van der Waals surface area contributed by atoms with Crippen LogP contribution in [0.5, 0.6) is 0 Å². The maximum absolute atomic E-state index is 12.1. The molecule has 1 saturated heterocycles. The molecule has 104 valence electrons. The predicted molar refractivity (Wildman–Crippen MR) is 76.1 cm³/mol. The van der Waals surface area contributed by atoms with Crippen LogP contribution in [0.1, 0.15) is 24.8 Å². The van der Waals surface area contributed by atoms with Gasteiger partial charge < -0.3 is 5.32 Å². The van der Waals surface area contributed by atoms with Gasteiger partial charge >= 0.3 is 0 Å². The van der Waals surface area contributed by atoms with Crippen LogP contribution in [-0.2, 0) is 20.5 Å². The summed E-state index contributed by atoms with van der Waals surface area (Å²) >= 11 is 5.79. The lowest BCUT2D eigenvalue weighted by Crippen LogP contribution is -2.39. The molecule has 0 aliphatic carbocycles. The third-order valence-corrected chi connectivity index (χ3v) is 5.75. The monoisotopic (exact) mass is 301 g/mol. The highest BCUT2D eigenvalue weighted by molar-refractivity contribution is 7.92. The van der Waals surface area contributed by atoms with Gasteiger partial charge in [-0.05, 0) is 24.5 Å². The summed E-state index contributed by atoms with van der Waals surface area (Å²) in [6.07, 6.45) is 1.82. The van der Waals surface area contributed by atoms with Crippen LogP contribution in [0.3, 0.4) is 0 Å². The second-order valence-corrected chi connectivity index (χ2v) is 7.20. The number of anilines is 1. The minimum absolute atomic E-state index is 0.0994. The largest absolute Gasteiger partial charge is 0.325 e. The topological polar surface area (TPSA) is 63.2 Å². The van der Waals surface area contributed by atoms with Gasteiger partial charge in [0.1, 0.15) is 5.25 Å². The Morgan fingerprint density at radius 3 is 2.74 bits per heavy atom. The minimum Gasteiger partial charge on any atom is -0.325 e. The molecule has 1 aromatic carbocycles. The van der Waals surface area contributed by atoms with E-state index in [9.17, 15) is 13.2 Å². The third kappa shape index (κ3) is 3.28. The Kier molecular flexibility index (Phi) is 4.47. The highest BCUT2D eigenvalue weighted by Gasteiger charge is 2.34. The molecule has 1 aliphatic heterocycles. The van der Waals surface area contributed by atoms with Crippen molar-refractivity contribution < 1.29 is 13.2 Å². The van der Waals surface area contributed by atoms with Crippen molar-refractivity contribution in [2.75, 3.05) is 11.1 Å². The molecule has 0 spiro atoms. The van der Waals surface area contributed by atoms with Crippen LogP contribution in [0.4, 0.5) is 5.69 Å². The Balaban J connectivity index is 2.17. The summed E-state index contributed by atoms with van der Waals surface area (Å²) in [7, 11) is -3.31. The maximum atomic E-state index is 12.1. The molecule has 1 fully saturated rings. The summed E-state index contributed by atoms with van der Waals surface area (Å²) in [4.78, 5) is 12.1. The average Bonchev–Trinajstić information content (AvgIpc) is 2.38. The van der Waals surface area contributed by atoms with E-state index in [2.05, 4.69) is 5.32 Å². The molecule has 1 amide bonds. The Morgan fingerprint density at radius 2 is 2.05 bits per heavy atom. The van der Waals surface area contributed by atoms with E-state index >= 15 is 0 Å². The number of sulfone groups is 1. The lowest BCUT2D eigenvalue weighted by Gasteiger charge is -2.21. The molecule has 0 radical (unpaired) electrons. The molecule has 0 saturated carbocycles. The number of alkyl halides is 1. The number of hydrogen-bond acceptors (Lipinski definition) is 3. The van der Waals surface area contributed by atoms with Crippen molar-refractivity contribution in [1.29, 1.82) is 0 Å². The molecule has 1 unspecified atom stereocenters. The predicted octanol–water partition coefficient (Wildman–Crippen LogP) is 2.33. The van der Waals surface area contributed by atoms with Gasteiger partial charge in [-0.25, -0.2) is 8.42 Å². The Labute approximate surface area is 118 Å². The zero-order chi connectivity index (χ0) is 13.9. The first-order valence-electron chi connectivity index (χ1n) is 6.21. The van der Waals surface area contributed by atoms with E-state index in [1.165, 1.54) is 0 Å². The third-order valence-electron chi connectivity index (χ3n) is 3.29. The van der Waals surface area contributed by atoms with Crippen LogP contribution in [0, 0.1) is 0 Å². The quantitative estimate of drug-likeness (QED) is 0.872. The summed E-state index contributed by atoms with van der Waals surface area (Å²) in [5, 5.41) is 1.76. The second-order valence-electron chi connectivity index (χ2n) is 4.63. The van der Waals surface area contributed by atoms with Crippen LogP contribution in [-0.4, -0.2) is 25.3 Å². The SMILES string of the molecule is O=C(Nc1ccccc1CCl)C1CCCCS1(=O)=O. The van der Waals surface area contributed by atoms with Gasteiger partial charge in [-0.15, -0.1) is 11.6 Å². The van der Waals surface area contributed by atoms with Crippen molar-refractivity contribution in [2.45, 2.75) is 30.4 Å². The van der Waals surface area contributed by atoms with Crippen LogP contribution in [0.2, 0.25) is 0 Å². The van der Waals surface area contributed by atoms with Crippen molar-refractivity contribution in [3.63, 3.8) is 0 Å². The molecule has 1 aliphatic rings. The molecule has 4 nitrogen and oxygen atoms in total. The molecule has 0 bridgehead atoms. The zero-order valence-electron chi connectivity index (χ0n) is 10.4. The number of rotatable bonds is 3. The number of para-hydroxylation sites is 1. The van der Waals surface area contributed by atoms with Gasteiger partial charge in [0, 0.05) is 11.6 Å². The molecule has 1 heterocycles. The van der Waals surface area contributed by atoms with E-state index in [0.29, 0.717) is 18.5 Å². The van der Waals surface area contributed by atoms with Gasteiger partial charge in [0.15, 0.2) is 9.84 Å². The molecule has 0 aromatic heterocycles. The molecule has 1 aromatic rings. The lowest BCUT2D eigenvalue weighted by atomic mass is 10.1. The van der Waals surface area contributed by atoms with Gasteiger partial charge in [0.25, 0.3) is 0 Å². The van der Waals surface area contributed by atoms with Crippen molar-refractivity contribution >= 4 is 33.0 Å². The summed E-state index contributed by atoms with van der Waals surface area (Å²) in [5.41, 5.74) is 1.37. The zero-order valence-corrected chi connectivity index (χ0v) is 12.0. The smallest absolute Gasteiger partial charge is 0.242 e. The Bertz CT molecular complexity index is 571. The first-order chi connectivity index (χ1) is 9.04. The van der Waals surface area contributed by atoms with E-state index in [1.807, 2.05) is 6.07 Å². The van der Waals surface area contributed by atoms with E-state index in [1.54, 1.807) is 18.2 Å². The fourth-order valence-electron chi connectivity index (χ4n) is 2.22. The van der Waals surface area contributed by atoms with Crippen LogP contribution in [0.15, 0.2) is 24.3 Å². The van der Waals surface area contributed by atoms with Gasteiger partial charge in [-0.1, -0.05) is 24.6 Å². The van der Waals surface area contributed by atoms with Gasteiger partial charge in [0.2, 0.25) is 5.91 Å².